The molecule has 0 bridgehead atoms. The number of alkyl halides is 3. The van der Waals surface area contributed by atoms with Gasteiger partial charge in [-0.25, -0.2) is 4.99 Å². The number of nitrogens with zero attached hydrogens (tertiary/aromatic N) is 1. The van der Waals surface area contributed by atoms with Crippen molar-refractivity contribution in [1.29, 1.82) is 0 Å². The van der Waals surface area contributed by atoms with Crippen molar-refractivity contribution < 1.29 is 13.2 Å². The number of allylic oxidation sites excluding steroid dienone is 2. The summed E-state index contributed by atoms with van der Waals surface area (Å²) in [5.41, 5.74) is -0.661. The summed E-state index contributed by atoms with van der Waals surface area (Å²) in [6.45, 7) is 1.41. The highest BCUT2D eigenvalue weighted by Crippen LogP contribution is 2.35. The Bertz CT molecular complexity index is 411. The van der Waals surface area contributed by atoms with Gasteiger partial charge in [0.25, 0.3) is 0 Å². The van der Waals surface area contributed by atoms with Crippen LogP contribution in [0.4, 0.5) is 13.2 Å². The number of thioether (sulfide) groups is 1. The van der Waals surface area contributed by atoms with Crippen molar-refractivity contribution in [2.24, 2.45) is 4.99 Å². The van der Waals surface area contributed by atoms with E-state index >= 15 is 0 Å². The summed E-state index contributed by atoms with van der Waals surface area (Å²) in [5.74, 6) is 0. The van der Waals surface area contributed by atoms with E-state index in [-0.39, 0.29) is 15.4 Å². The van der Waals surface area contributed by atoms with Crippen LogP contribution in [0.25, 0.3) is 0 Å². The lowest BCUT2D eigenvalue weighted by Crippen LogP contribution is -2.45. The molecule has 2 aliphatic rings. The minimum atomic E-state index is -4.38. The molecule has 0 unspecified atom stereocenters. The molecule has 2 rings (SSSR count). The van der Waals surface area contributed by atoms with Gasteiger partial charge in [0.15, 0.2) is 0 Å². The highest BCUT2D eigenvalue weighted by molar-refractivity contribution is 8.15. The van der Waals surface area contributed by atoms with Crippen LogP contribution in [0.3, 0.4) is 0 Å². The third-order valence-electron chi connectivity index (χ3n) is 2.59. The molecule has 100 valence electrons. The van der Waals surface area contributed by atoms with E-state index in [2.05, 4.69) is 10.3 Å². The Labute approximate surface area is 112 Å². The standard InChI is InChI=1S/C11H12ClF3N2S/c12-9-4-2-1-3-8(11(13,14)15)10(17-9)18-7-5-16-6-7/h3-4,7,16H,1-2,5-6H2/b8-3?,9-4+,17-10?. The molecule has 0 atom stereocenters. The molecule has 0 amide bonds. The Morgan fingerprint density at radius 3 is 2.50 bits per heavy atom. The predicted molar refractivity (Wildman–Crippen MR) is 69.0 cm³/mol. The second kappa shape index (κ2) is 5.67. The summed E-state index contributed by atoms with van der Waals surface area (Å²) < 4.78 is 38.9. The van der Waals surface area contributed by atoms with Crippen molar-refractivity contribution in [1.82, 2.24) is 5.32 Å². The number of nitrogens with one attached hydrogen (secondary N) is 1. The fourth-order valence-electron chi connectivity index (χ4n) is 1.55. The molecule has 1 N–H and O–H groups in total. The number of hydrogen-bond acceptors (Lipinski definition) is 3. The van der Waals surface area contributed by atoms with Crippen molar-refractivity contribution in [3.8, 4) is 0 Å². The summed E-state index contributed by atoms with van der Waals surface area (Å²) in [4.78, 5) is 3.90. The molecule has 0 aliphatic carbocycles. The zero-order valence-corrected chi connectivity index (χ0v) is 11.0. The smallest absolute Gasteiger partial charge is 0.314 e. The van der Waals surface area contributed by atoms with Gasteiger partial charge >= 0.3 is 6.18 Å². The number of aliphatic imine (C=N–C) groups is 1. The Morgan fingerprint density at radius 2 is 1.94 bits per heavy atom. The van der Waals surface area contributed by atoms with Crippen LogP contribution in [0.5, 0.6) is 0 Å². The van der Waals surface area contributed by atoms with Gasteiger partial charge in [0.05, 0.1) is 5.57 Å². The van der Waals surface area contributed by atoms with Crippen LogP contribution in [-0.4, -0.2) is 29.6 Å². The van der Waals surface area contributed by atoms with Crippen LogP contribution < -0.4 is 5.32 Å². The zero-order chi connectivity index (χ0) is 13.2. The van der Waals surface area contributed by atoms with Crippen LogP contribution in [0.2, 0.25) is 0 Å². The number of halogens is 4. The SMILES string of the molecule is FC(F)(F)C1=CCC/C=C(\Cl)N=C1SC1CNC1. The minimum Gasteiger partial charge on any atom is -0.314 e. The van der Waals surface area contributed by atoms with Crippen molar-refractivity contribution in [2.45, 2.75) is 24.3 Å². The van der Waals surface area contributed by atoms with E-state index in [9.17, 15) is 13.2 Å². The van der Waals surface area contributed by atoms with Crippen LogP contribution >= 0.6 is 23.4 Å². The first kappa shape index (κ1) is 14.0. The molecule has 0 aromatic carbocycles. The largest absolute Gasteiger partial charge is 0.418 e. The monoisotopic (exact) mass is 296 g/mol. The molecular formula is C11H12ClF3N2S. The molecule has 0 saturated carbocycles. The quantitative estimate of drug-likeness (QED) is 0.750. The molecular weight excluding hydrogens is 285 g/mol. The third-order valence-corrected chi connectivity index (χ3v) is 4.03. The van der Waals surface area contributed by atoms with Gasteiger partial charge in [-0.2, -0.15) is 13.2 Å². The Morgan fingerprint density at radius 1 is 1.28 bits per heavy atom. The third kappa shape index (κ3) is 3.52. The molecule has 2 nitrogen and oxygen atoms in total. The van der Waals surface area contributed by atoms with Crippen molar-refractivity contribution in [2.75, 3.05) is 13.1 Å². The predicted octanol–water partition coefficient (Wildman–Crippen LogP) is 3.45. The van der Waals surface area contributed by atoms with Crippen LogP contribution in [0.15, 0.2) is 27.9 Å². The minimum absolute atomic E-state index is 0.0186. The summed E-state index contributed by atoms with van der Waals surface area (Å²) in [7, 11) is 0. The van der Waals surface area contributed by atoms with Gasteiger partial charge in [0.1, 0.15) is 10.2 Å². The van der Waals surface area contributed by atoms with E-state index in [1.54, 1.807) is 6.08 Å². The molecule has 0 spiro atoms. The maximum Gasteiger partial charge on any atom is 0.418 e. The van der Waals surface area contributed by atoms with E-state index in [1.165, 1.54) is 6.08 Å². The second-order valence-corrected chi connectivity index (χ2v) is 5.71. The average molecular weight is 297 g/mol. The first-order chi connectivity index (χ1) is 8.47. The normalized spacial score (nSPS) is 25.2. The highest BCUT2D eigenvalue weighted by Gasteiger charge is 2.38. The van der Waals surface area contributed by atoms with Crippen LogP contribution in [-0.2, 0) is 0 Å². The van der Waals surface area contributed by atoms with Gasteiger partial charge in [0.2, 0.25) is 0 Å². The Balaban J connectivity index is 2.27. The van der Waals surface area contributed by atoms with Gasteiger partial charge in [-0.1, -0.05) is 29.4 Å². The summed E-state index contributed by atoms with van der Waals surface area (Å²) in [5, 5.41) is 3.28. The lowest BCUT2D eigenvalue weighted by atomic mass is 10.2. The van der Waals surface area contributed by atoms with Crippen molar-refractivity contribution >= 4 is 28.4 Å². The molecule has 7 heteroatoms. The summed E-state index contributed by atoms with van der Waals surface area (Å²) >= 11 is 6.94. The molecule has 2 heterocycles. The van der Waals surface area contributed by atoms with Gasteiger partial charge in [-0.3, -0.25) is 0 Å². The van der Waals surface area contributed by atoms with Crippen molar-refractivity contribution in [3.05, 3.63) is 22.9 Å². The van der Waals surface area contributed by atoms with Crippen LogP contribution in [0.1, 0.15) is 12.8 Å². The van der Waals surface area contributed by atoms with Gasteiger partial charge in [0, 0.05) is 18.3 Å². The maximum atomic E-state index is 13.0. The van der Waals surface area contributed by atoms with Crippen LogP contribution in [0, 0.1) is 0 Å². The number of rotatable bonds is 1. The number of hydrogen-bond donors (Lipinski definition) is 1. The molecule has 0 aromatic rings. The summed E-state index contributed by atoms with van der Waals surface area (Å²) in [6, 6.07) is 0. The molecule has 2 aliphatic heterocycles. The van der Waals surface area contributed by atoms with Gasteiger partial charge in [-0.05, 0) is 18.9 Å². The fourth-order valence-corrected chi connectivity index (χ4v) is 2.99. The van der Waals surface area contributed by atoms with E-state index in [1.807, 2.05) is 0 Å². The van der Waals surface area contributed by atoms with Crippen molar-refractivity contribution in [3.63, 3.8) is 0 Å². The first-order valence-electron chi connectivity index (χ1n) is 5.56. The first-order valence-corrected chi connectivity index (χ1v) is 6.82. The fraction of sp³-hybridized carbons (Fsp3) is 0.545. The molecule has 0 aromatic heterocycles. The highest BCUT2D eigenvalue weighted by atomic mass is 35.5. The lowest BCUT2D eigenvalue weighted by molar-refractivity contribution is -0.0860. The van der Waals surface area contributed by atoms with E-state index in [0.29, 0.717) is 25.9 Å². The molecule has 0 radical (unpaired) electrons. The molecule has 1 fully saturated rings. The topological polar surface area (TPSA) is 24.4 Å². The average Bonchev–Trinajstić information content (AvgIpc) is 2.16. The van der Waals surface area contributed by atoms with E-state index < -0.39 is 11.7 Å². The lowest BCUT2D eigenvalue weighted by Gasteiger charge is -2.28. The second-order valence-electron chi connectivity index (χ2n) is 4.03. The summed E-state index contributed by atoms with van der Waals surface area (Å²) in [6.07, 6.45) is -0.724. The van der Waals surface area contributed by atoms with E-state index in [0.717, 1.165) is 11.8 Å². The van der Waals surface area contributed by atoms with Gasteiger partial charge in [-0.15, -0.1) is 0 Å². The zero-order valence-electron chi connectivity index (χ0n) is 9.43. The Kier molecular flexibility index (Phi) is 4.40. The maximum absolute atomic E-state index is 13.0. The Hall–Kier alpha value is -0.460. The molecule has 18 heavy (non-hydrogen) atoms. The van der Waals surface area contributed by atoms with E-state index in [4.69, 9.17) is 11.6 Å². The molecule has 1 saturated heterocycles. The van der Waals surface area contributed by atoms with Gasteiger partial charge < -0.3 is 5.32 Å².